The monoisotopic (exact) mass is 408 g/mol. The summed E-state index contributed by atoms with van der Waals surface area (Å²) < 4.78 is 5.31. The van der Waals surface area contributed by atoms with Gasteiger partial charge >= 0.3 is 5.63 Å². The summed E-state index contributed by atoms with van der Waals surface area (Å²) >= 11 is 0. The third-order valence-corrected chi connectivity index (χ3v) is 5.55. The minimum atomic E-state index is -0.639. The lowest BCUT2D eigenvalue weighted by Gasteiger charge is -2.18. The molecule has 3 aromatic carbocycles. The lowest BCUT2D eigenvalue weighted by molar-refractivity contribution is 0.0949. The van der Waals surface area contributed by atoms with Crippen molar-refractivity contribution in [3.05, 3.63) is 118 Å². The zero-order valence-corrected chi connectivity index (χ0v) is 16.7. The number of amides is 1. The summed E-state index contributed by atoms with van der Waals surface area (Å²) in [5.74, 6) is -0.519. The van der Waals surface area contributed by atoms with Crippen molar-refractivity contribution in [3.63, 3.8) is 0 Å². The Morgan fingerprint density at radius 1 is 0.935 bits per heavy atom. The third kappa shape index (κ3) is 3.62. The van der Waals surface area contributed by atoms with Crippen molar-refractivity contribution in [1.29, 1.82) is 0 Å². The van der Waals surface area contributed by atoms with Crippen LogP contribution in [0.2, 0.25) is 0 Å². The highest BCUT2D eigenvalue weighted by molar-refractivity contribution is 5.96. The Bertz CT molecular complexity index is 1430. The smallest absolute Gasteiger partial charge is 0.349 e. The van der Waals surface area contributed by atoms with Crippen LogP contribution in [-0.2, 0) is 0 Å². The van der Waals surface area contributed by atoms with E-state index in [2.05, 4.69) is 16.4 Å². The molecule has 31 heavy (non-hydrogen) atoms. The van der Waals surface area contributed by atoms with E-state index in [-0.39, 0.29) is 11.5 Å². The molecular weight excluding hydrogens is 388 g/mol. The Morgan fingerprint density at radius 2 is 1.68 bits per heavy atom. The fourth-order valence-electron chi connectivity index (χ4n) is 3.99. The van der Waals surface area contributed by atoms with Crippen LogP contribution in [0.5, 0.6) is 0 Å². The Labute approximate surface area is 178 Å². The summed E-state index contributed by atoms with van der Waals surface area (Å²) in [7, 11) is 0. The number of carbonyl (C=O) groups is 1. The van der Waals surface area contributed by atoms with E-state index in [1.807, 2.05) is 66.9 Å². The highest BCUT2D eigenvalue weighted by Gasteiger charge is 2.20. The molecule has 0 aliphatic rings. The van der Waals surface area contributed by atoms with Gasteiger partial charge in [0, 0.05) is 34.9 Å². The second-order valence-electron chi connectivity index (χ2n) is 7.45. The molecule has 0 aliphatic heterocycles. The number of para-hydroxylation sites is 2. The van der Waals surface area contributed by atoms with Gasteiger partial charge in [0.25, 0.3) is 5.91 Å². The predicted octanol–water partition coefficient (Wildman–Crippen LogP) is 4.84. The van der Waals surface area contributed by atoms with Gasteiger partial charge in [-0.1, -0.05) is 66.7 Å². The molecule has 0 aliphatic carbocycles. The number of H-pyrrole nitrogens is 1. The molecule has 5 heteroatoms. The highest BCUT2D eigenvalue weighted by atomic mass is 16.4. The van der Waals surface area contributed by atoms with Crippen LogP contribution in [0.15, 0.2) is 100 Å². The van der Waals surface area contributed by atoms with E-state index >= 15 is 0 Å². The number of rotatable bonds is 5. The van der Waals surface area contributed by atoms with Crippen LogP contribution in [0.4, 0.5) is 0 Å². The average Bonchev–Trinajstić information content (AvgIpc) is 3.23. The molecule has 0 bridgehead atoms. The van der Waals surface area contributed by atoms with E-state index < -0.39 is 11.5 Å². The number of fused-ring (bicyclic) bond motifs is 2. The Kier molecular flexibility index (Phi) is 4.84. The SMILES string of the molecule is O=C(NCC(c1ccccc1)c1c[nH]c2ccccc12)c1cc2ccccc2oc1=O. The van der Waals surface area contributed by atoms with Crippen molar-refractivity contribution < 1.29 is 9.21 Å². The molecule has 0 spiro atoms. The van der Waals surface area contributed by atoms with Gasteiger partial charge in [0.2, 0.25) is 0 Å². The molecule has 1 amide bonds. The summed E-state index contributed by atoms with van der Waals surface area (Å²) in [6.45, 7) is 0.344. The first-order valence-corrected chi connectivity index (χ1v) is 10.1. The van der Waals surface area contributed by atoms with E-state index in [0.29, 0.717) is 17.5 Å². The zero-order chi connectivity index (χ0) is 21.2. The Balaban J connectivity index is 1.47. The summed E-state index contributed by atoms with van der Waals surface area (Å²) in [5.41, 5.74) is 3.04. The van der Waals surface area contributed by atoms with Crippen molar-refractivity contribution >= 4 is 27.8 Å². The van der Waals surface area contributed by atoms with Crippen LogP contribution in [0, 0.1) is 0 Å². The third-order valence-electron chi connectivity index (χ3n) is 5.55. The second-order valence-corrected chi connectivity index (χ2v) is 7.45. The normalized spacial score (nSPS) is 12.1. The van der Waals surface area contributed by atoms with Gasteiger partial charge in [-0.15, -0.1) is 0 Å². The van der Waals surface area contributed by atoms with Crippen molar-refractivity contribution in [1.82, 2.24) is 10.3 Å². The van der Waals surface area contributed by atoms with Crippen LogP contribution < -0.4 is 10.9 Å². The molecule has 2 heterocycles. The number of aromatic amines is 1. The second kappa shape index (κ2) is 7.95. The van der Waals surface area contributed by atoms with Gasteiger partial charge in [0.05, 0.1) is 0 Å². The van der Waals surface area contributed by atoms with Crippen molar-refractivity contribution in [2.45, 2.75) is 5.92 Å². The van der Waals surface area contributed by atoms with Gasteiger partial charge in [-0.3, -0.25) is 4.79 Å². The first-order chi connectivity index (χ1) is 15.2. The van der Waals surface area contributed by atoms with Crippen molar-refractivity contribution in [2.75, 3.05) is 6.54 Å². The molecule has 1 unspecified atom stereocenters. The lowest BCUT2D eigenvalue weighted by Crippen LogP contribution is -2.32. The van der Waals surface area contributed by atoms with E-state index in [0.717, 1.165) is 22.0 Å². The molecule has 1 atom stereocenters. The van der Waals surface area contributed by atoms with Crippen LogP contribution >= 0.6 is 0 Å². The Morgan fingerprint density at radius 3 is 2.55 bits per heavy atom. The minimum Gasteiger partial charge on any atom is -0.422 e. The molecule has 0 fully saturated rings. The topological polar surface area (TPSA) is 75.1 Å². The first-order valence-electron chi connectivity index (χ1n) is 10.1. The number of aromatic nitrogens is 1. The maximum atomic E-state index is 12.9. The number of nitrogens with one attached hydrogen (secondary N) is 2. The number of benzene rings is 3. The van der Waals surface area contributed by atoms with Gasteiger partial charge in [-0.25, -0.2) is 4.79 Å². The van der Waals surface area contributed by atoms with Crippen molar-refractivity contribution in [2.24, 2.45) is 0 Å². The predicted molar refractivity (Wildman–Crippen MR) is 121 cm³/mol. The van der Waals surface area contributed by atoms with Crippen LogP contribution in [0.1, 0.15) is 27.4 Å². The Hall–Kier alpha value is -4.12. The maximum Gasteiger partial charge on any atom is 0.349 e. The highest BCUT2D eigenvalue weighted by Crippen LogP contribution is 2.30. The first kappa shape index (κ1) is 18.9. The van der Waals surface area contributed by atoms with E-state index in [4.69, 9.17) is 4.42 Å². The van der Waals surface area contributed by atoms with Crippen LogP contribution in [-0.4, -0.2) is 17.4 Å². The molecule has 152 valence electrons. The largest absolute Gasteiger partial charge is 0.422 e. The van der Waals surface area contributed by atoms with E-state index in [1.165, 1.54) is 0 Å². The van der Waals surface area contributed by atoms with Gasteiger partial charge in [-0.2, -0.15) is 0 Å². The zero-order valence-electron chi connectivity index (χ0n) is 16.7. The molecule has 2 aromatic heterocycles. The summed E-state index contributed by atoms with van der Waals surface area (Å²) in [6, 6.07) is 26.8. The van der Waals surface area contributed by atoms with Gasteiger partial charge < -0.3 is 14.7 Å². The van der Waals surface area contributed by atoms with E-state index in [9.17, 15) is 9.59 Å². The molecule has 5 aromatic rings. The quantitative estimate of drug-likeness (QED) is 0.409. The number of hydrogen-bond donors (Lipinski definition) is 2. The van der Waals surface area contributed by atoms with E-state index in [1.54, 1.807) is 18.2 Å². The molecule has 0 saturated carbocycles. The summed E-state index contributed by atoms with van der Waals surface area (Å²) in [6.07, 6.45) is 1.98. The average molecular weight is 408 g/mol. The number of hydrogen-bond acceptors (Lipinski definition) is 3. The number of carbonyl (C=O) groups excluding carboxylic acids is 1. The lowest BCUT2D eigenvalue weighted by atomic mass is 9.91. The van der Waals surface area contributed by atoms with Crippen LogP contribution in [0.3, 0.4) is 0 Å². The minimum absolute atomic E-state index is 0.00411. The van der Waals surface area contributed by atoms with Crippen molar-refractivity contribution in [3.8, 4) is 0 Å². The molecule has 0 radical (unpaired) electrons. The van der Waals surface area contributed by atoms with Gasteiger partial charge in [0.15, 0.2) is 0 Å². The standard InChI is InChI=1S/C26H20N2O3/c29-25(20-14-18-10-4-7-13-24(18)31-26(20)30)28-15-21(17-8-2-1-3-9-17)22-16-27-23-12-6-5-11-19(22)23/h1-14,16,21,27H,15H2,(H,28,29). The van der Waals surface area contributed by atoms with Gasteiger partial charge in [0.1, 0.15) is 11.1 Å². The molecular formula is C26H20N2O3. The van der Waals surface area contributed by atoms with Crippen LogP contribution in [0.25, 0.3) is 21.9 Å². The molecule has 0 saturated heterocycles. The molecule has 5 rings (SSSR count). The van der Waals surface area contributed by atoms with Gasteiger partial charge in [-0.05, 0) is 29.3 Å². The fraction of sp³-hybridized carbons (Fsp3) is 0.0769. The summed E-state index contributed by atoms with van der Waals surface area (Å²) in [4.78, 5) is 28.6. The maximum absolute atomic E-state index is 12.9. The summed E-state index contributed by atoms with van der Waals surface area (Å²) in [5, 5.41) is 4.76. The molecule has 5 nitrogen and oxygen atoms in total. The molecule has 2 N–H and O–H groups in total. The fourth-order valence-corrected chi connectivity index (χ4v) is 3.99.